The number of rotatable bonds is 3. The van der Waals surface area contributed by atoms with Crippen LogP contribution < -0.4 is 9.47 Å². The van der Waals surface area contributed by atoms with Gasteiger partial charge in [-0.1, -0.05) is 17.3 Å². The van der Waals surface area contributed by atoms with Crippen molar-refractivity contribution in [2.24, 2.45) is 0 Å². The summed E-state index contributed by atoms with van der Waals surface area (Å²) in [4.78, 5) is 14.6. The lowest BCUT2D eigenvalue weighted by Gasteiger charge is -1.97. The molecule has 0 amide bonds. The number of hydrogen-bond donors (Lipinski definition) is 0. The van der Waals surface area contributed by atoms with E-state index in [0.29, 0.717) is 28.5 Å². The summed E-state index contributed by atoms with van der Waals surface area (Å²) < 4.78 is 15.8. The van der Waals surface area contributed by atoms with Crippen molar-refractivity contribution < 1.29 is 18.9 Å². The smallest absolute Gasteiger partial charge is 0.270 e. The van der Waals surface area contributed by atoms with E-state index in [-0.39, 0.29) is 18.3 Å². The number of nitro groups is 1. The Labute approximate surface area is 129 Å². The molecule has 23 heavy (non-hydrogen) atoms. The molecule has 1 aliphatic rings. The lowest BCUT2D eigenvalue weighted by Crippen LogP contribution is -1.92. The lowest BCUT2D eigenvalue weighted by atomic mass is 10.2. The first-order valence-corrected chi connectivity index (χ1v) is 6.69. The van der Waals surface area contributed by atoms with Crippen LogP contribution in [-0.4, -0.2) is 21.9 Å². The van der Waals surface area contributed by atoms with Crippen molar-refractivity contribution in [3.05, 3.63) is 52.6 Å². The maximum absolute atomic E-state index is 10.8. The normalized spacial score (nSPS) is 12.3. The van der Waals surface area contributed by atoms with Crippen LogP contribution in [0, 0.1) is 10.1 Å². The molecule has 0 fully saturated rings. The highest BCUT2D eigenvalue weighted by Gasteiger charge is 2.18. The topological polar surface area (TPSA) is 101 Å². The van der Waals surface area contributed by atoms with Crippen molar-refractivity contribution in [3.8, 4) is 34.3 Å². The Morgan fingerprint density at radius 2 is 1.91 bits per heavy atom. The van der Waals surface area contributed by atoms with Gasteiger partial charge in [-0.3, -0.25) is 10.1 Å². The molecule has 4 rings (SSSR count). The molecule has 0 N–H and O–H groups in total. The van der Waals surface area contributed by atoms with Crippen LogP contribution in [0.1, 0.15) is 0 Å². The molecule has 0 atom stereocenters. The fraction of sp³-hybridized carbons (Fsp3) is 0.0667. The van der Waals surface area contributed by atoms with Gasteiger partial charge in [-0.15, -0.1) is 0 Å². The first kappa shape index (κ1) is 13.3. The average Bonchev–Trinajstić information content (AvgIpc) is 3.23. The molecule has 8 heteroatoms. The Kier molecular flexibility index (Phi) is 2.94. The van der Waals surface area contributed by atoms with Crippen molar-refractivity contribution in [3.63, 3.8) is 0 Å². The van der Waals surface area contributed by atoms with E-state index in [2.05, 4.69) is 10.1 Å². The maximum Gasteiger partial charge on any atom is 0.270 e. The largest absolute Gasteiger partial charge is 0.454 e. The SMILES string of the molecule is O=[N+]([O-])c1cccc(-c2noc(-c3ccc4c(c3)OCO4)n2)c1. The molecule has 0 radical (unpaired) electrons. The van der Waals surface area contributed by atoms with Crippen LogP contribution in [-0.2, 0) is 0 Å². The Bertz CT molecular complexity index is 906. The molecule has 0 aliphatic carbocycles. The molecule has 2 heterocycles. The number of benzene rings is 2. The molecule has 8 nitrogen and oxygen atoms in total. The van der Waals surface area contributed by atoms with E-state index < -0.39 is 4.92 Å². The second-order valence-electron chi connectivity index (χ2n) is 4.80. The van der Waals surface area contributed by atoms with E-state index in [1.54, 1.807) is 30.3 Å². The summed E-state index contributed by atoms with van der Waals surface area (Å²) in [5.41, 5.74) is 1.16. The van der Waals surface area contributed by atoms with E-state index in [1.165, 1.54) is 12.1 Å². The van der Waals surface area contributed by atoms with Crippen LogP contribution in [0.15, 0.2) is 47.0 Å². The maximum atomic E-state index is 10.8. The lowest BCUT2D eigenvalue weighted by molar-refractivity contribution is -0.384. The number of non-ortho nitro benzene ring substituents is 1. The fourth-order valence-corrected chi connectivity index (χ4v) is 2.25. The predicted molar refractivity (Wildman–Crippen MR) is 77.9 cm³/mol. The highest BCUT2D eigenvalue weighted by atomic mass is 16.7. The second kappa shape index (κ2) is 5.09. The van der Waals surface area contributed by atoms with E-state index in [1.807, 2.05) is 0 Å². The molecule has 0 bridgehead atoms. The number of nitro benzene ring substituents is 1. The third-order valence-corrected chi connectivity index (χ3v) is 3.36. The van der Waals surface area contributed by atoms with E-state index in [9.17, 15) is 10.1 Å². The third kappa shape index (κ3) is 2.35. The molecular weight excluding hydrogens is 302 g/mol. The predicted octanol–water partition coefficient (Wildman–Crippen LogP) is 3.04. The molecule has 3 aromatic rings. The van der Waals surface area contributed by atoms with Crippen molar-refractivity contribution >= 4 is 5.69 Å². The monoisotopic (exact) mass is 311 g/mol. The minimum Gasteiger partial charge on any atom is -0.454 e. The minimum atomic E-state index is -0.470. The number of fused-ring (bicyclic) bond motifs is 1. The van der Waals surface area contributed by atoms with Crippen LogP contribution in [0.25, 0.3) is 22.8 Å². The van der Waals surface area contributed by atoms with Gasteiger partial charge in [-0.2, -0.15) is 4.98 Å². The molecule has 114 valence electrons. The zero-order chi connectivity index (χ0) is 15.8. The van der Waals surface area contributed by atoms with Crippen molar-refractivity contribution in [1.29, 1.82) is 0 Å². The Morgan fingerprint density at radius 3 is 2.78 bits per heavy atom. The van der Waals surface area contributed by atoms with Gasteiger partial charge in [-0.05, 0) is 18.2 Å². The van der Waals surface area contributed by atoms with Crippen LogP contribution in [0.5, 0.6) is 11.5 Å². The van der Waals surface area contributed by atoms with Crippen LogP contribution in [0.3, 0.4) is 0 Å². The Balaban J connectivity index is 1.69. The van der Waals surface area contributed by atoms with E-state index in [4.69, 9.17) is 14.0 Å². The first-order chi connectivity index (χ1) is 11.2. The van der Waals surface area contributed by atoms with Crippen LogP contribution in [0.4, 0.5) is 5.69 Å². The van der Waals surface area contributed by atoms with Gasteiger partial charge in [0.25, 0.3) is 11.6 Å². The fourth-order valence-electron chi connectivity index (χ4n) is 2.25. The molecule has 0 saturated heterocycles. The summed E-state index contributed by atoms with van der Waals surface area (Å²) in [5.74, 6) is 1.84. The summed E-state index contributed by atoms with van der Waals surface area (Å²) >= 11 is 0. The van der Waals surface area contributed by atoms with Crippen molar-refractivity contribution in [2.75, 3.05) is 6.79 Å². The van der Waals surface area contributed by atoms with Crippen molar-refractivity contribution in [1.82, 2.24) is 10.1 Å². The van der Waals surface area contributed by atoms with Gasteiger partial charge in [0.2, 0.25) is 12.6 Å². The van der Waals surface area contributed by atoms with Gasteiger partial charge < -0.3 is 14.0 Å². The molecule has 1 aromatic heterocycles. The molecule has 2 aromatic carbocycles. The van der Waals surface area contributed by atoms with E-state index in [0.717, 1.165) is 0 Å². The number of aromatic nitrogens is 2. The van der Waals surface area contributed by atoms with Crippen LogP contribution >= 0.6 is 0 Å². The number of nitrogens with zero attached hydrogens (tertiary/aromatic N) is 3. The number of hydrogen-bond acceptors (Lipinski definition) is 7. The van der Waals surface area contributed by atoms with Gasteiger partial charge in [0.15, 0.2) is 11.5 Å². The van der Waals surface area contributed by atoms with Gasteiger partial charge in [0.1, 0.15) is 0 Å². The van der Waals surface area contributed by atoms with Crippen molar-refractivity contribution in [2.45, 2.75) is 0 Å². The summed E-state index contributed by atoms with van der Waals surface area (Å²) in [5, 5.41) is 14.7. The highest BCUT2D eigenvalue weighted by Crippen LogP contribution is 2.35. The molecule has 0 spiro atoms. The summed E-state index contributed by atoms with van der Waals surface area (Å²) in [6.45, 7) is 0.182. The van der Waals surface area contributed by atoms with Gasteiger partial charge in [0.05, 0.1) is 4.92 Å². The highest BCUT2D eigenvalue weighted by molar-refractivity contribution is 5.64. The summed E-state index contributed by atoms with van der Waals surface area (Å²) in [7, 11) is 0. The second-order valence-corrected chi connectivity index (χ2v) is 4.80. The Hall–Kier alpha value is -3.42. The first-order valence-electron chi connectivity index (χ1n) is 6.69. The minimum absolute atomic E-state index is 0.0306. The molecule has 0 saturated carbocycles. The van der Waals surface area contributed by atoms with E-state index >= 15 is 0 Å². The molecule has 1 aliphatic heterocycles. The zero-order valence-corrected chi connectivity index (χ0v) is 11.6. The van der Waals surface area contributed by atoms with Gasteiger partial charge in [0, 0.05) is 23.3 Å². The quantitative estimate of drug-likeness (QED) is 0.541. The number of ether oxygens (including phenoxy) is 2. The molecular formula is C15H9N3O5. The molecule has 0 unspecified atom stereocenters. The van der Waals surface area contributed by atoms with Crippen LogP contribution in [0.2, 0.25) is 0 Å². The zero-order valence-electron chi connectivity index (χ0n) is 11.6. The summed E-state index contributed by atoms with van der Waals surface area (Å²) in [6.07, 6.45) is 0. The summed E-state index contributed by atoms with van der Waals surface area (Å²) in [6, 6.07) is 11.3. The standard InChI is InChI=1S/C15H9N3O5/c19-18(20)11-3-1-2-9(6-11)14-16-15(23-17-14)10-4-5-12-13(7-10)22-8-21-12/h1-7H,8H2. The van der Waals surface area contributed by atoms with Gasteiger partial charge in [-0.25, -0.2) is 0 Å². The van der Waals surface area contributed by atoms with Gasteiger partial charge >= 0.3 is 0 Å². The Morgan fingerprint density at radius 1 is 1.04 bits per heavy atom. The average molecular weight is 311 g/mol. The third-order valence-electron chi connectivity index (χ3n) is 3.36.